The summed E-state index contributed by atoms with van der Waals surface area (Å²) in [6.07, 6.45) is 4.35. The van der Waals surface area contributed by atoms with Crippen molar-refractivity contribution in [2.45, 2.75) is 6.92 Å². The molecular formula is C19H19N5O. The Balaban J connectivity index is 1.91. The number of rotatable bonds is 4. The van der Waals surface area contributed by atoms with E-state index in [1.165, 1.54) is 24.9 Å². The molecule has 0 unspecified atom stereocenters. The van der Waals surface area contributed by atoms with E-state index in [0.29, 0.717) is 5.69 Å². The van der Waals surface area contributed by atoms with Gasteiger partial charge in [0.25, 0.3) is 5.91 Å². The Kier molecular flexibility index (Phi) is 4.61. The molecule has 126 valence electrons. The highest BCUT2D eigenvalue weighted by Crippen LogP contribution is 2.26. The molecule has 2 aromatic heterocycles. The number of aromatic nitrogens is 2. The van der Waals surface area contributed by atoms with Crippen LogP contribution in [0.1, 0.15) is 5.56 Å². The number of fused-ring (bicyclic) bond motifs is 1. The summed E-state index contributed by atoms with van der Waals surface area (Å²) in [5.41, 5.74) is 11.1. The Morgan fingerprint density at radius 3 is 2.84 bits per heavy atom. The number of carbonyl (C=O) groups excluding carboxylic acids is 1. The van der Waals surface area contributed by atoms with E-state index < -0.39 is 0 Å². The first-order chi connectivity index (χ1) is 12.1. The Morgan fingerprint density at radius 1 is 1.32 bits per heavy atom. The van der Waals surface area contributed by atoms with Gasteiger partial charge in [-0.3, -0.25) is 14.8 Å². The van der Waals surface area contributed by atoms with Crippen LogP contribution in [-0.2, 0) is 4.79 Å². The molecule has 1 aromatic carbocycles. The summed E-state index contributed by atoms with van der Waals surface area (Å²) in [5.74, 6) is -0.337. The number of aryl methyl sites for hydroxylation is 1. The second-order valence-corrected chi connectivity index (χ2v) is 5.58. The maximum absolute atomic E-state index is 12.2. The van der Waals surface area contributed by atoms with Crippen molar-refractivity contribution in [3.63, 3.8) is 0 Å². The lowest BCUT2D eigenvalue weighted by molar-refractivity contribution is -0.110. The van der Waals surface area contributed by atoms with Crippen LogP contribution in [0.4, 0.5) is 5.69 Å². The average Bonchev–Trinajstić information content (AvgIpc) is 3.03. The molecule has 0 saturated carbocycles. The molecule has 0 saturated heterocycles. The number of anilines is 1. The summed E-state index contributed by atoms with van der Waals surface area (Å²) in [4.78, 5) is 23.8. The fraction of sp³-hybridized carbons (Fsp3) is 0.105. The zero-order valence-corrected chi connectivity index (χ0v) is 14.1. The van der Waals surface area contributed by atoms with Crippen LogP contribution in [0, 0.1) is 6.92 Å². The number of aromatic amines is 1. The van der Waals surface area contributed by atoms with Crippen molar-refractivity contribution in [1.82, 2.24) is 9.97 Å². The molecule has 6 heteroatoms. The zero-order valence-electron chi connectivity index (χ0n) is 14.1. The summed E-state index contributed by atoms with van der Waals surface area (Å²) >= 11 is 0. The van der Waals surface area contributed by atoms with Gasteiger partial charge in [0.15, 0.2) is 0 Å². The predicted octanol–water partition coefficient (Wildman–Crippen LogP) is 3.02. The molecule has 3 rings (SSSR count). The molecule has 0 atom stereocenters. The van der Waals surface area contributed by atoms with E-state index in [0.717, 1.165) is 22.3 Å². The van der Waals surface area contributed by atoms with Gasteiger partial charge < -0.3 is 16.0 Å². The molecule has 0 aliphatic rings. The number of pyridine rings is 1. The van der Waals surface area contributed by atoms with Crippen LogP contribution >= 0.6 is 0 Å². The van der Waals surface area contributed by atoms with Crippen LogP contribution in [0.3, 0.4) is 0 Å². The van der Waals surface area contributed by atoms with E-state index >= 15 is 0 Å². The van der Waals surface area contributed by atoms with Crippen molar-refractivity contribution in [1.29, 1.82) is 0 Å². The molecule has 1 amide bonds. The highest BCUT2D eigenvalue weighted by molar-refractivity contribution is 6.47. The van der Waals surface area contributed by atoms with Gasteiger partial charge in [-0.15, -0.1) is 0 Å². The van der Waals surface area contributed by atoms with Gasteiger partial charge in [-0.05, 0) is 36.9 Å². The molecule has 0 spiro atoms. The van der Waals surface area contributed by atoms with Crippen LogP contribution < -0.4 is 11.1 Å². The molecule has 3 aromatic rings. The van der Waals surface area contributed by atoms with Crippen molar-refractivity contribution in [2.24, 2.45) is 10.7 Å². The molecule has 0 fully saturated rings. The fourth-order valence-electron chi connectivity index (χ4n) is 2.63. The summed E-state index contributed by atoms with van der Waals surface area (Å²) in [6.45, 7) is 2.07. The summed E-state index contributed by atoms with van der Waals surface area (Å²) in [5, 5.41) is 2.77. The molecule has 6 nitrogen and oxygen atoms in total. The second-order valence-electron chi connectivity index (χ2n) is 5.58. The van der Waals surface area contributed by atoms with E-state index in [1.54, 1.807) is 6.20 Å². The van der Waals surface area contributed by atoms with Crippen molar-refractivity contribution in [3.8, 4) is 11.3 Å². The highest BCUT2D eigenvalue weighted by atomic mass is 16.1. The molecule has 0 aliphatic carbocycles. The maximum atomic E-state index is 12.2. The Hall–Kier alpha value is -3.41. The van der Waals surface area contributed by atoms with Crippen LogP contribution in [0.15, 0.2) is 59.9 Å². The Labute approximate surface area is 145 Å². The van der Waals surface area contributed by atoms with Crippen LogP contribution in [0.5, 0.6) is 0 Å². The van der Waals surface area contributed by atoms with E-state index in [9.17, 15) is 4.79 Å². The van der Waals surface area contributed by atoms with Crippen LogP contribution in [0.2, 0.25) is 0 Å². The number of aliphatic imine (C=N–C) groups is 1. The normalized spacial score (nSPS) is 12.0. The van der Waals surface area contributed by atoms with Crippen molar-refractivity contribution >= 4 is 28.3 Å². The lowest BCUT2D eigenvalue weighted by Gasteiger charge is -2.04. The first-order valence-corrected chi connectivity index (χ1v) is 7.83. The van der Waals surface area contributed by atoms with Gasteiger partial charge in [0.1, 0.15) is 5.71 Å². The van der Waals surface area contributed by atoms with Gasteiger partial charge in [-0.25, -0.2) is 0 Å². The number of nitrogens with zero attached hydrogens (tertiary/aromatic N) is 2. The van der Waals surface area contributed by atoms with Gasteiger partial charge in [0.2, 0.25) is 0 Å². The molecule has 0 aliphatic heterocycles. The van der Waals surface area contributed by atoms with Crippen molar-refractivity contribution in [3.05, 3.63) is 60.4 Å². The van der Waals surface area contributed by atoms with E-state index in [2.05, 4.69) is 39.3 Å². The van der Waals surface area contributed by atoms with Gasteiger partial charge in [-0.1, -0.05) is 24.3 Å². The van der Waals surface area contributed by atoms with E-state index in [-0.39, 0.29) is 11.6 Å². The largest absolute Gasteiger partial charge is 0.405 e. The van der Waals surface area contributed by atoms with Crippen molar-refractivity contribution < 1.29 is 4.79 Å². The van der Waals surface area contributed by atoms with Gasteiger partial charge >= 0.3 is 0 Å². The van der Waals surface area contributed by atoms with Crippen LogP contribution in [0.25, 0.3) is 22.3 Å². The summed E-state index contributed by atoms with van der Waals surface area (Å²) in [7, 11) is 1.54. The molecule has 25 heavy (non-hydrogen) atoms. The number of H-pyrrole nitrogens is 1. The number of nitrogens with two attached hydrogens (primary N) is 1. The zero-order chi connectivity index (χ0) is 17.8. The maximum Gasteiger partial charge on any atom is 0.273 e. The smallest absolute Gasteiger partial charge is 0.273 e. The number of nitrogens with one attached hydrogen (secondary N) is 2. The van der Waals surface area contributed by atoms with E-state index in [4.69, 9.17) is 5.73 Å². The first-order valence-electron chi connectivity index (χ1n) is 7.83. The van der Waals surface area contributed by atoms with Crippen LogP contribution in [-0.4, -0.2) is 28.6 Å². The predicted molar refractivity (Wildman–Crippen MR) is 102 cm³/mol. The molecule has 4 N–H and O–H groups in total. The topological polar surface area (TPSA) is 96.2 Å². The van der Waals surface area contributed by atoms with Gasteiger partial charge in [0.05, 0.1) is 22.9 Å². The number of hydrogen-bond donors (Lipinski definition) is 3. The third-order valence-electron chi connectivity index (χ3n) is 3.89. The van der Waals surface area contributed by atoms with Gasteiger partial charge in [0, 0.05) is 18.3 Å². The standard InChI is InChI=1S/C19H19N5O/c1-12-5-3-4-6-14(12)16-10-17-18(24-16)9-13(11-22-17)23-19(25)15(21-2)7-8-20/h3-11,24H,20H2,1-2H3,(H,23,25). The van der Waals surface area contributed by atoms with Crippen molar-refractivity contribution in [2.75, 3.05) is 12.4 Å². The average molecular weight is 333 g/mol. The summed E-state index contributed by atoms with van der Waals surface area (Å²) < 4.78 is 0. The first kappa shape index (κ1) is 16.4. The fourth-order valence-corrected chi connectivity index (χ4v) is 2.63. The number of benzene rings is 1. The molecule has 0 radical (unpaired) electrons. The number of amides is 1. The lowest BCUT2D eigenvalue weighted by atomic mass is 10.1. The Morgan fingerprint density at radius 2 is 2.12 bits per heavy atom. The summed E-state index contributed by atoms with van der Waals surface area (Å²) in [6, 6.07) is 12.0. The van der Waals surface area contributed by atoms with Gasteiger partial charge in [-0.2, -0.15) is 0 Å². The van der Waals surface area contributed by atoms with E-state index in [1.807, 2.05) is 24.3 Å². The Bertz CT molecular complexity index is 984. The molecule has 0 bridgehead atoms. The third-order valence-corrected chi connectivity index (χ3v) is 3.89. The minimum Gasteiger partial charge on any atom is -0.405 e. The second kappa shape index (κ2) is 7.00. The molecular weight excluding hydrogens is 314 g/mol. The monoisotopic (exact) mass is 333 g/mol. The molecule has 2 heterocycles. The number of carbonyl (C=O) groups is 1. The SMILES string of the molecule is CN=C(C=CN)C(=O)Nc1cnc2cc(-c3ccccc3C)[nH]c2c1. The quantitative estimate of drug-likeness (QED) is 0.640. The minimum absolute atomic E-state index is 0.245. The third kappa shape index (κ3) is 3.42. The lowest BCUT2D eigenvalue weighted by Crippen LogP contribution is -2.21. The number of hydrogen-bond acceptors (Lipinski definition) is 4. The highest BCUT2D eigenvalue weighted by Gasteiger charge is 2.10. The minimum atomic E-state index is -0.337.